The molecule has 0 spiro atoms. The van der Waals surface area contributed by atoms with E-state index in [-0.39, 0.29) is 11.8 Å². The maximum absolute atomic E-state index is 13.2. The summed E-state index contributed by atoms with van der Waals surface area (Å²) in [5, 5.41) is 0. The van der Waals surface area contributed by atoms with Crippen molar-refractivity contribution in [2.75, 3.05) is 44.2 Å². The zero-order valence-electron chi connectivity index (χ0n) is 17.1. The third kappa shape index (κ3) is 3.87. The van der Waals surface area contributed by atoms with Gasteiger partial charge in [-0.15, -0.1) is 0 Å². The lowest BCUT2D eigenvalue weighted by Crippen LogP contribution is -2.52. The minimum Gasteiger partial charge on any atom is -0.354 e. The number of nitrogens with one attached hydrogen (secondary N) is 1. The highest BCUT2D eigenvalue weighted by Gasteiger charge is 2.32. The lowest BCUT2D eigenvalue weighted by molar-refractivity contribution is -0.137. The van der Waals surface area contributed by atoms with Crippen LogP contribution in [0, 0.1) is 5.92 Å². The van der Waals surface area contributed by atoms with Gasteiger partial charge in [-0.05, 0) is 18.4 Å². The third-order valence-corrected chi connectivity index (χ3v) is 6.21. The average Bonchev–Trinajstić information content (AvgIpc) is 3.29. The van der Waals surface area contributed by atoms with Gasteiger partial charge in [-0.1, -0.05) is 30.3 Å². The molecule has 5 rings (SSSR count). The van der Waals surface area contributed by atoms with Crippen LogP contribution in [-0.2, 0) is 11.3 Å². The first-order valence-corrected chi connectivity index (χ1v) is 10.7. The Bertz CT molecular complexity index is 997. The largest absolute Gasteiger partial charge is 0.354 e. The Hall–Kier alpha value is -3.00. The van der Waals surface area contributed by atoms with Crippen LogP contribution in [0.15, 0.2) is 43.0 Å². The average molecular weight is 406 g/mol. The van der Waals surface area contributed by atoms with E-state index in [1.807, 2.05) is 6.07 Å². The van der Waals surface area contributed by atoms with Crippen molar-refractivity contribution in [1.29, 1.82) is 0 Å². The summed E-state index contributed by atoms with van der Waals surface area (Å²) in [4.78, 5) is 36.0. The summed E-state index contributed by atoms with van der Waals surface area (Å²) in [7, 11) is 0. The van der Waals surface area contributed by atoms with Crippen LogP contribution in [0.1, 0.15) is 18.4 Å². The number of aromatic amines is 1. The van der Waals surface area contributed by atoms with E-state index < -0.39 is 0 Å². The third-order valence-electron chi connectivity index (χ3n) is 6.21. The van der Waals surface area contributed by atoms with Crippen molar-refractivity contribution in [2.45, 2.75) is 19.4 Å². The predicted octanol–water partition coefficient (Wildman–Crippen LogP) is 1.91. The first-order chi connectivity index (χ1) is 14.8. The molecule has 8 nitrogen and oxygen atoms in total. The molecule has 0 unspecified atom stereocenters. The fourth-order valence-electron chi connectivity index (χ4n) is 4.59. The van der Waals surface area contributed by atoms with Crippen LogP contribution in [-0.4, -0.2) is 74.9 Å². The summed E-state index contributed by atoms with van der Waals surface area (Å²) in [6.45, 7) is 6.03. The topological polar surface area (TPSA) is 81.2 Å². The standard InChI is InChI=1S/C22H27N7O/c30-22(28-11-9-27(10-12-28)13-17-5-2-1-3-6-17)18-7-4-8-29(14-18)21-19-20(24-15-23-19)25-16-26-21/h1-3,5-6,15-16,18H,4,7-14H2,(H,23,24,25,26)/t18-/m1/s1. The van der Waals surface area contributed by atoms with Gasteiger partial charge in [0, 0.05) is 45.8 Å². The Morgan fingerprint density at radius 2 is 1.87 bits per heavy atom. The molecule has 8 heteroatoms. The lowest BCUT2D eigenvalue weighted by atomic mass is 9.96. The smallest absolute Gasteiger partial charge is 0.227 e. The van der Waals surface area contributed by atoms with Gasteiger partial charge in [0.1, 0.15) is 11.8 Å². The highest BCUT2D eigenvalue weighted by molar-refractivity contribution is 5.84. The van der Waals surface area contributed by atoms with Crippen LogP contribution >= 0.6 is 0 Å². The number of aromatic nitrogens is 4. The second-order valence-electron chi connectivity index (χ2n) is 8.17. The van der Waals surface area contributed by atoms with E-state index in [0.717, 1.165) is 63.4 Å². The molecule has 2 aliphatic heterocycles. The Balaban J connectivity index is 1.20. The number of imidazole rings is 1. The SMILES string of the molecule is O=C([C@@H]1CCCN(c2ncnc3nc[nH]c23)C1)N1CCN(Cc2ccccc2)CC1. The lowest BCUT2D eigenvalue weighted by Gasteiger charge is -2.39. The van der Waals surface area contributed by atoms with Gasteiger partial charge in [-0.25, -0.2) is 15.0 Å². The molecule has 3 aromatic rings. The van der Waals surface area contributed by atoms with Gasteiger partial charge in [0.15, 0.2) is 11.5 Å². The van der Waals surface area contributed by atoms with Crippen molar-refractivity contribution in [1.82, 2.24) is 29.7 Å². The number of benzene rings is 1. The summed E-state index contributed by atoms with van der Waals surface area (Å²) in [5.41, 5.74) is 2.85. The van der Waals surface area contributed by atoms with E-state index in [4.69, 9.17) is 0 Å². The number of rotatable bonds is 4. The maximum atomic E-state index is 13.2. The minimum atomic E-state index is 0.0207. The fourth-order valence-corrected chi connectivity index (χ4v) is 4.59. The first kappa shape index (κ1) is 19.0. The number of fused-ring (bicyclic) bond motifs is 1. The van der Waals surface area contributed by atoms with Gasteiger partial charge < -0.3 is 14.8 Å². The number of hydrogen-bond acceptors (Lipinski definition) is 6. The molecule has 4 heterocycles. The molecule has 1 aromatic carbocycles. The van der Waals surface area contributed by atoms with E-state index in [1.165, 1.54) is 5.56 Å². The normalized spacial score (nSPS) is 20.6. The van der Waals surface area contributed by atoms with Gasteiger partial charge in [-0.3, -0.25) is 9.69 Å². The molecule has 1 amide bonds. The predicted molar refractivity (Wildman–Crippen MR) is 115 cm³/mol. The molecule has 0 bridgehead atoms. The summed E-state index contributed by atoms with van der Waals surface area (Å²) in [5.74, 6) is 1.16. The molecule has 1 atom stereocenters. The minimum absolute atomic E-state index is 0.0207. The number of nitrogens with zero attached hydrogens (tertiary/aromatic N) is 6. The van der Waals surface area contributed by atoms with E-state index >= 15 is 0 Å². The number of hydrogen-bond donors (Lipinski definition) is 1. The van der Waals surface area contributed by atoms with E-state index in [9.17, 15) is 4.79 Å². The number of piperazine rings is 1. The Morgan fingerprint density at radius 3 is 2.70 bits per heavy atom. The Morgan fingerprint density at radius 1 is 1.03 bits per heavy atom. The van der Waals surface area contributed by atoms with Crippen LogP contribution < -0.4 is 4.90 Å². The number of H-pyrrole nitrogens is 1. The summed E-state index contributed by atoms with van der Waals surface area (Å²) in [6, 6.07) is 10.5. The number of amides is 1. The zero-order valence-corrected chi connectivity index (χ0v) is 17.1. The molecule has 0 radical (unpaired) electrons. The van der Waals surface area contributed by atoms with Crippen molar-refractivity contribution < 1.29 is 4.79 Å². The highest BCUT2D eigenvalue weighted by atomic mass is 16.2. The van der Waals surface area contributed by atoms with Crippen LogP contribution in [0.4, 0.5) is 5.82 Å². The molecular formula is C22H27N7O. The monoisotopic (exact) mass is 405 g/mol. The van der Waals surface area contributed by atoms with Crippen LogP contribution in [0.3, 0.4) is 0 Å². The summed E-state index contributed by atoms with van der Waals surface area (Å²) >= 11 is 0. The van der Waals surface area contributed by atoms with Crippen molar-refractivity contribution in [3.63, 3.8) is 0 Å². The molecule has 2 saturated heterocycles. The quantitative estimate of drug-likeness (QED) is 0.714. The number of carbonyl (C=O) groups excluding carboxylic acids is 1. The van der Waals surface area contributed by atoms with Crippen LogP contribution in [0.25, 0.3) is 11.2 Å². The first-order valence-electron chi connectivity index (χ1n) is 10.7. The van der Waals surface area contributed by atoms with Crippen LogP contribution in [0.5, 0.6) is 0 Å². The van der Waals surface area contributed by atoms with Crippen molar-refractivity contribution >= 4 is 22.9 Å². The molecule has 0 aliphatic carbocycles. The summed E-state index contributed by atoms with van der Waals surface area (Å²) < 4.78 is 0. The van der Waals surface area contributed by atoms with Crippen molar-refractivity contribution in [3.05, 3.63) is 48.5 Å². The Kier molecular flexibility index (Phi) is 5.31. The number of anilines is 1. The van der Waals surface area contributed by atoms with Gasteiger partial charge >= 0.3 is 0 Å². The molecule has 2 aliphatic rings. The van der Waals surface area contributed by atoms with Crippen LogP contribution in [0.2, 0.25) is 0 Å². The molecule has 156 valence electrons. The Labute approximate surface area is 175 Å². The fraction of sp³-hybridized carbons (Fsp3) is 0.455. The van der Waals surface area contributed by atoms with Gasteiger partial charge in [0.25, 0.3) is 0 Å². The molecule has 1 N–H and O–H groups in total. The zero-order chi connectivity index (χ0) is 20.3. The maximum Gasteiger partial charge on any atom is 0.227 e. The van der Waals surface area contributed by atoms with Gasteiger partial charge in [-0.2, -0.15) is 0 Å². The molecule has 30 heavy (non-hydrogen) atoms. The second kappa shape index (κ2) is 8.39. The van der Waals surface area contributed by atoms with E-state index in [0.29, 0.717) is 12.2 Å². The van der Waals surface area contributed by atoms with Gasteiger partial charge in [0.2, 0.25) is 5.91 Å². The molecule has 2 fully saturated rings. The molecule has 2 aromatic heterocycles. The number of carbonyl (C=O) groups is 1. The van der Waals surface area contributed by atoms with E-state index in [1.54, 1.807) is 12.7 Å². The second-order valence-corrected chi connectivity index (χ2v) is 8.17. The molecular weight excluding hydrogens is 378 g/mol. The van der Waals surface area contributed by atoms with Crippen molar-refractivity contribution in [3.8, 4) is 0 Å². The summed E-state index contributed by atoms with van der Waals surface area (Å²) in [6.07, 6.45) is 5.13. The number of piperidine rings is 1. The van der Waals surface area contributed by atoms with Gasteiger partial charge in [0.05, 0.1) is 12.2 Å². The molecule has 0 saturated carbocycles. The van der Waals surface area contributed by atoms with Crippen molar-refractivity contribution in [2.24, 2.45) is 5.92 Å². The highest BCUT2D eigenvalue weighted by Crippen LogP contribution is 2.27. The van der Waals surface area contributed by atoms with E-state index in [2.05, 4.69) is 58.9 Å².